The Labute approximate surface area is 192 Å². The molecule has 0 aromatic carbocycles. The van der Waals surface area contributed by atoms with Gasteiger partial charge in [-0.05, 0) is 62.3 Å². The number of carbonyl (C=O) groups excluding carboxylic acids is 1. The molecule has 1 aliphatic carbocycles. The van der Waals surface area contributed by atoms with Gasteiger partial charge in [0.1, 0.15) is 23.8 Å². The van der Waals surface area contributed by atoms with E-state index in [0.29, 0.717) is 23.1 Å². The maximum Gasteiger partial charge on any atom is 0.340 e. The summed E-state index contributed by atoms with van der Waals surface area (Å²) in [5, 5.41) is 5.09. The molecule has 8 nitrogen and oxygen atoms in total. The van der Waals surface area contributed by atoms with Crippen LogP contribution in [0.5, 0.6) is 5.88 Å². The molecule has 0 amide bonds. The number of pyridine rings is 3. The molecular weight excluding hydrogens is 418 g/mol. The zero-order valence-electron chi connectivity index (χ0n) is 19.4. The fourth-order valence-corrected chi connectivity index (χ4v) is 4.01. The van der Waals surface area contributed by atoms with E-state index in [9.17, 15) is 4.79 Å². The molecule has 1 aliphatic heterocycles. The predicted molar refractivity (Wildman–Crippen MR) is 126 cm³/mol. The first-order valence-electron chi connectivity index (χ1n) is 11.5. The molecule has 0 spiro atoms. The molecule has 8 heteroatoms. The van der Waals surface area contributed by atoms with Crippen molar-refractivity contribution in [1.82, 2.24) is 15.0 Å². The van der Waals surface area contributed by atoms with Crippen molar-refractivity contribution in [3.63, 3.8) is 0 Å². The van der Waals surface area contributed by atoms with Crippen LogP contribution in [0.3, 0.4) is 0 Å². The molecule has 2 aliphatic rings. The van der Waals surface area contributed by atoms with E-state index in [1.54, 1.807) is 18.3 Å². The first-order valence-corrected chi connectivity index (χ1v) is 11.5. The summed E-state index contributed by atoms with van der Waals surface area (Å²) >= 11 is 0. The van der Waals surface area contributed by atoms with Gasteiger partial charge < -0.3 is 20.5 Å². The molecule has 5 rings (SSSR count). The molecule has 0 saturated heterocycles. The van der Waals surface area contributed by atoms with Gasteiger partial charge in [-0.15, -0.1) is 0 Å². The summed E-state index contributed by atoms with van der Waals surface area (Å²) in [5.41, 5.74) is 8.25. The normalized spacial score (nSPS) is 21.8. The van der Waals surface area contributed by atoms with Gasteiger partial charge in [-0.3, -0.25) is 0 Å². The summed E-state index contributed by atoms with van der Waals surface area (Å²) in [6.07, 6.45) is 6.47. The van der Waals surface area contributed by atoms with E-state index < -0.39 is 5.54 Å². The van der Waals surface area contributed by atoms with Crippen LogP contribution in [0.1, 0.15) is 74.5 Å². The minimum absolute atomic E-state index is 0.00585. The van der Waals surface area contributed by atoms with E-state index >= 15 is 0 Å². The van der Waals surface area contributed by atoms with Crippen molar-refractivity contribution in [1.29, 1.82) is 0 Å². The Balaban J connectivity index is 1.54. The molecule has 33 heavy (non-hydrogen) atoms. The Morgan fingerprint density at radius 1 is 1.18 bits per heavy atom. The quantitative estimate of drug-likeness (QED) is 0.529. The fourth-order valence-electron chi connectivity index (χ4n) is 4.01. The second-order valence-electron chi connectivity index (χ2n) is 9.33. The molecule has 3 atom stereocenters. The average molecular weight is 448 g/mol. The summed E-state index contributed by atoms with van der Waals surface area (Å²) in [7, 11) is 0. The van der Waals surface area contributed by atoms with Gasteiger partial charge >= 0.3 is 5.97 Å². The maximum atomic E-state index is 12.2. The highest BCUT2D eigenvalue weighted by molar-refractivity contribution is 5.93. The molecule has 1 saturated carbocycles. The van der Waals surface area contributed by atoms with Gasteiger partial charge in [-0.1, -0.05) is 13.8 Å². The van der Waals surface area contributed by atoms with E-state index in [1.165, 1.54) is 0 Å². The number of ether oxygens (including phenoxy) is 2. The number of anilines is 2. The summed E-state index contributed by atoms with van der Waals surface area (Å²) in [6.45, 7) is 7.96. The number of esters is 1. The molecular formula is C25H29N5O3. The summed E-state index contributed by atoms with van der Waals surface area (Å²) < 4.78 is 11.4. The molecule has 172 valence electrons. The summed E-state index contributed by atoms with van der Waals surface area (Å²) in [5.74, 6) is 1.51. The lowest BCUT2D eigenvalue weighted by atomic mass is 9.88. The van der Waals surface area contributed by atoms with Gasteiger partial charge in [0.05, 0.1) is 16.6 Å². The third-order valence-corrected chi connectivity index (χ3v) is 6.72. The van der Waals surface area contributed by atoms with E-state index in [1.807, 2.05) is 33.0 Å². The van der Waals surface area contributed by atoms with Crippen molar-refractivity contribution in [2.24, 2.45) is 5.73 Å². The molecule has 3 N–H and O–H groups in total. The molecule has 3 aromatic rings. The highest BCUT2D eigenvalue weighted by Gasteiger charge is 2.32. The standard InChI is InChI=1S/C25H29N5O3/c1-5-25(4,26)19-12-28-23(33-15-6-7-15)18-11-27-21(10-17(18)19)29-20-9-8-16-22(30-20)13(2)14(3)32-24(16)31/h8-15H,5-7,26H2,1-4H3,(H,27,29,30)/t13-,14+,25-/m1/s1. The van der Waals surface area contributed by atoms with Crippen molar-refractivity contribution in [3.05, 3.63) is 47.4 Å². The largest absolute Gasteiger partial charge is 0.474 e. The second-order valence-corrected chi connectivity index (χ2v) is 9.33. The van der Waals surface area contributed by atoms with Crippen LogP contribution in [0.25, 0.3) is 10.8 Å². The lowest BCUT2D eigenvalue weighted by molar-refractivity contribution is 0.0235. The van der Waals surface area contributed by atoms with Crippen molar-refractivity contribution in [2.75, 3.05) is 5.32 Å². The van der Waals surface area contributed by atoms with Crippen molar-refractivity contribution in [3.8, 4) is 5.88 Å². The second kappa shape index (κ2) is 7.95. The fraction of sp³-hybridized carbons (Fsp3) is 0.440. The van der Waals surface area contributed by atoms with Gasteiger partial charge in [0.25, 0.3) is 0 Å². The van der Waals surface area contributed by atoms with Crippen LogP contribution in [-0.2, 0) is 10.3 Å². The van der Waals surface area contributed by atoms with Gasteiger partial charge in [0.2, 0.25) is 5.88 Å². The third-order valence-electron chi connectivity index (χ3n) is 6.72. The smallest absolute Gasteiger partial charge is 0.340 e. The number of aromatic nitrogens is 3. The van der Waals surface area contributed by atoms with Crippen LogP contribution in [0.15, 0.2) is 30.6 Å². The van der Waals surface area contributed by atoms with E-state index in [4.69, 9.17) is 20.2 Å². The number of carbonyl (C=O) groups is 1. The Morgan fingerprint density at radius 2 is 1.97 bits per heavy atom. The number of cyclic esters (lactones) is 1. The zero-order chi connectivity index (χ0) is 23.3. The van der Waals surface area contributed by atoms with Gasteiger partial charge in [0.15, 0.2) is 0 Å². The van der Waals surface area contributed by atoms with E-state index in [0.717, 1.165) is 41.3 Å². The number of fused-ring (bicyclic) bond motifs is 2. The zero-order valence-corrected chi connectivity index (χ0v) is 19.4. The lowest BCUT2D eigenvalue weighted by Crippen LogP contribution is -2.32. The molecule has 4 heterocycles. The number of nitrogens with zero attached hydrogens (tertiary/aromatic N) is 3. The van der Waals surface area contributed by atoms with E-state index in [2.05, 4.69) is 22.2 Å². The molecule has 1 fully saturated rings. The minimum Gasteiger partial charge on any atom is -0.474 e. The third kappa shape index (κ3) is 3.99. The van der Waals surface area contributed by atoms with Gasteiger partial charge in [-0.25, -0.2) is 19.7 Å². The number of hydrogen-bond acceptors (Lipinski definition) is 8. The number of hydrogen-bond donors (Lipinski definition) is 2. The van der Waals surface area contributed by atoms with Crippen molar-refractivity contribution >= 4 is 28.4 Å². The monoisotopic (exact) mass is 447 g/mol. The average Bonchev–Trinajstić information content (AvgIpc) is 3.61. The summed E-state index contributed by atoms with van der Waals surface area (Å²) in [6, 6.07) is 5.48. The number of rotatable bonds is 6. The molecule has 3 aromatic heterocycles. The Kier molecular flexibility index (Phi) is 5.20. The number of nitrogens with one attached hydrogen (secondary N) is 1. The van der Waals surface area contributed by atoms with Crippen molar-refractivity contribution < 1.29 is 14.3 Å². The SMILES string of the molecule is CC[C@@](C)(N)c1cnc(OC2CC2)c2cnc(Nc3ccc4c(n3)[C@H](C)[C@H](C)OC4=O)cc12. The lowest BCUT2D eigenvalue weighted by Gasteiger charge is -2.27. The predicted octanol–water partition coefficient (Wildman–Crippen LogP) is 4.56. The van der Waals surface area contributed by atoms with Crippen LogP contribution in [0.2, 0.25) is 0 Å². The molecule has 0 bridgehead atoms. The van der Waals surface area contributed by atoms with Crippen LogP contribution in [0, 0.1) is 0 Å². The van der Waals surface area contributed by atoms with Crippen LogP contribution in [0.4, 0.5) is 11.6 Å². The summed E-state index contributed by atoms with van der Waals surface area (Å²) in [4.78, 5) is 26.1. The van der Waals surface area contributed by atoms with Crippen LogP contribution < -0.4 is 15.8 Å². The Bertz CT molecular complexity index is 1240. The van der Waals surface area contributed by atoms with Gasteiger partial charge in [0, 0.05) is 23.9 Å². The van der Waals surface area contributed by atoms with Crippen molar-refractivity contribution in [2.45, 2.75) is 70.6 Å². The number of nitrogens with two attached hydrogens (primary N) is 1. The van der Waals surface area contributed by atoms with Gasteiger partial charge in [-0.2, -0.15) is 0 Å². The topological polar surface area (TPSA) is 112 Å². The Morgan fingerprint density at radius 3 is 2.70 bits per heavy atom. The van der Waals surface area contributed by atoms with Crippen LogP contribution in [-0.4, -0.2) is 33.1 Å². The highest BCUT2D eigenvalue weighted by atomic mass is 16.5. The van der Waals surface area contributed by atoms with Crippen LogP contribution >= 0.6 is 0 Å². The highest BCUT2D eigenvalue weighted by Crippen LogP contribution is 2.37. The molecule has 0 radical (unpaired) electrons. The Hall–Kier alpha value is -3.26. The maximum absolute atomic E-state index is 12.2. The first-order chi connectivity index (χ1) is 15.8. The van der Waals surface area contributed by atoms with E-state index in [-0.39, 0.29) is 24.1 Å². The first kappa shape index (κ1) is 21.6. The minimum atomic E-state index is -0.544. The molecule has 0 unspecified atom stereocenters.